The fourth-order valence-electron chi connectivity index (χ4n) is 6.47. The molecule has 1 heteroatoms. The van der Waals surface area contributed by atoms with Crippen LogP contribution in [-0.2, 0) is 6.42 Å². The SMILES string of the molecule is Cc1cccc(C(CCc2ccccc2)C2C=CC(c3ccc(N(C4=CC=CCC4)c4cccc(C)c4)cc3)=CC2)c1. The van der Waals surface area contributed by atoms with Crippen LogP contribution >= 0.6 is 0 Å². The first-order chi connectivity index (χ1) is 20.6. The van der Waals surface area contributed by atoms with E-state index in [2.05, 4.69) is 158 Å². The van der Waals surface area contributed by atoms with Gasteiger partial charge in [-0.2, -0.15) is 0 Å². The Balaban J connectivity index is 1.21. The Morgan fingerprint density at radius 2 is 1.57 bits per heavy atom. The minimum absolute atomic E-state index is 0.502. The minimum Gasteiger partial charge on any atom is -0.314 e. The van der Waals surface area contributed by atoms with Crippen molar-refractivity contribution >= 4 is 16.9 Å². The summed E-state index contributed by atoms with van der Waals surface area (Å²) in [6, 6.07) is 38.0. The van der Waals surface area contributed by atoms with Crippen LogP contribution in [0.3, 0.4) is 0 Å². The van der Waals surface area contributed by atoms with Gasteiger partial charge in [0.1, 0.15) is 0 Å². The average Bonchev–Trinajstić information content (AvgIpc) is 3.03. The topological polar surface area (TPSA) is 3.24 Å². The van der Waals surface area contributed by atoms with Gasteiger partial charge in [-0.3, -0.25) is 0 Å². The van der Waals surface area contributed by atoms with E-state index >= 15 is 0 Å². The molecule has 0 aliphatic heterocycles. The maximum Gasteiger partial charge on any atom is 0.0461 e. The van der Waals surface area contributed by atoms with Crippen LogP contribution in [0.1, 0.15) is 59.4 Å². The van der Waals surface area contributed by atoms with Crippen LogP contribution in [0, 0.1) is 19.8 Å². The van der Waals surface area contributed by atoms with Crippen molar-refractivity contribution in [3.05, 3.63) is 173 Å². The van der Waals surface area contributed by atoms with E-state index in [0.717, 1.165) is 32.1 Å². The molecule has 2 unspecified atom stereocenters. The molecule has 0 amide bonds. The molecule has 42 heavy (non-hydrogen) atoms. The maximum atomic E-state index is 2.47. The Hall–Kier alpha value is -4.36. The number of benzene rings is 4. The van der Waals surface area contributed by atoms with Crippen LogP contribution < -0.4 is 4.90 Å². The van der Waals surface area contributed by atoms with E-state index in [1.54, 1.807) is 0 Å². The Morgan fingerprint density at radius 1 is 0.786 bits per heavy atom. The van der Waals surface area contributed by atoms with Gasteiger partial charge in [0.05, 0.1) is 0 Å². The number of anilines is 2. The van der Waals surface area contributed by atoms with Crippen LogP contribution in [0.15, 0.2) is 145 Å². The van der Waals surface area contributed by atoms with Gasteiger partial charge in [-0.25, -0.2) is 0 Å². The standard InChI is InChI=1S/C41H41N/c1-31-11-9-15-37(29-31)41(28-19-33-13-5-3-6-14-33)36-22-20-34(21-23-36)35-24-26-39(27-25-35)42(38-16-7-4-8-17-38)40-18-10-12-32(2)30-40/h3-7,9-16,18,20-22,24-27,29-30,36,41H,8,17,19,23,28H2,1-2H3. The summed E-state index contributed by atoms with van der Waals surface area (Å²) in [7, 11) is 0. The van der Waals surface area contributed by atoms with Gasteiger partial charge >= 0.3 is 0 Å². The first-order valence-electron chi connectivity index (χ1n) is 15.5. The zero-order chi connectivity index (χ0) is 28.7. The predicted octanol–water partition coefficient (Wildman–Crippen LogP) is 11.1. The molecule has 2 aliphatic rings. The Morgan fingerprint density at radius 3 is 2.26 bits per heavy atom. The highest BCUT2D eigenvalue weighted by molar-refractivity contribution is 5.77. The Bertz CT molecular complexity index is 1620. The number of rotatable bonds is 9. The van der Waals surface area contributed by atoms with Crippen LogP contribution in [0.4, 0.5) is 11.4 Å². The number of nitrogens with zero attached hydrogens (tertiary/aromatic N) is 1. The van der Waals surface area contributed by atoms with Gasteiger partial charge in [-0.15, -0.1) is 0 Å². The highest BCUT2D eigenvalue weighted by Gasteiger charge is 2.23. The van der Waals surface area contributed by atoms with Crippen molar-refractivity contribution in [2.75, 3.05) is 4.90 Å². The average molecular weight is 548 g/mol. The largest absolute Gasteiger partial charge is 0.314 e. The van der Waals surface area contributed by atoms with Crippen LogP contribution in [0.2, 0.25) is 0 Å². The Labute approximate surface area is 252 Å². The van der Waals surface area contributed by atoms with E-state index in [0.29, 0.717) is 11.8 Å². The van der Waals surface area contributed by atoms with E-state index in [1.807, 2.05) is 0 Å². The number of allylic oxidation sites excluding steroid dienone is 8. The molecule has 4 aromatic carbocycles. The van der Waals surface area contributed by atoms with E-state index in [1.165, 1.54) is 50.5 Å². The van der Waals surface area contributed by atoms with Crippen molar-refractivity contribution in [2.45, 2.75) is 51.9 Å². The van der Waals surface area contributed by atoms with Gasteiger partial charge in [0, 0.05) is 17.1 Å². The van der Waals surface area contributed by atoms with Gasteiger partial charge in [-0.1, -0.05) is 115 Å². The fourth-order valence-corrected chi connectivity index (χ4v) is 6.47. The third-order valence-corrected chi connectivity index (χ3v) is 8.70. The zero-order valence-electron chi connectivity index (χ0n) is 24.9. The van der Waals surface area contributed by atoms with Crippen molar-refractivity contribution < 1.29 is 0 Å². The van der Waals surface area contributed by atoms with Gasteiger partial charge < -0.3 is 4.90 Å². The number of hydrogen-bond acceptors (Lipinski definition) is 1. The van der Waals surface area contributed by atoms with Gasteiger partial charge in [-0.05, 0) is 116 Å². The van der Waals surface area contributed by atoms with Crippen LogP contribution in [-0.4, -0.2) is 0 Å². The number of aryl methyl sites for hydroxylation is 3. The first kappa shape index (κ1) is 27.8. The summed E-state index contributed by atoms with van der Waals surface area (Å²) >= 11 is 0. The predicted molar refractivity (Wildman–Crippen MR) is 180 cm³/mol. The van der Waals surface area contributed by atoms with Gasteiger partial charge in [0.2, 0.25) is 0 Å². The fraction of sp³-hybridized carbons (Fsp3) is 0.220. The minimum atomic E-state index is 0.502. The van der Waals surface area contributed by atoms with Gasteiger partial charge in [0.25, 0.3) is 0 Å². The molecule has 0 saturated heterocycles. The van der Waals surface area contributed by atoms with E-state index in [9.17, 15) is 0 Å². The van der Waals surface area contributed by atoms with E-state index in [4.69, 9.17) is 0 Å². The number of hydrogen-bond donors (Lipinski definition) is 0. The smallest absolute Gasteiger partial charge is 0.0461 e. The third kappa shape index (κ3) is 6.58. The van der Waals surface area contributed by atoms with Crippen molar-refractivity contribution in [3.63, 3.8) is 0 Å². The highest BCUT2D eigenvalue weighted by Crippen LogP contribution is 2.38. The summed E-state index contributed by atoms with van der Waals surface area (Å²) in [6.45, 7) is 4.37. The molecule has 2 aliphatic carbocycles. The van der Waals surface area contributed by atoms with Crippen LogP contribution in [0.25, 0.3) is 5.57 Å². The quantitative estimate of drug-likeness (QED) is 0.201. The molecule has 0 aromatic heterocycles. The zero-order valence-corrected chi connectivity index (χ0v) is 24.9. The molecular formula is C41H41N. The molecule has 0 N–H and O–H groups in total. The van der Waals surface area contributed by atoms with Crippen molar-refractivity contribution in [1.29, 1.82) is 0 Å². The molecule has 1 nitrogen and oxygen atoms in total. The molecule has 210 valence electrons. The summed E-state index contributed by atoms with van der Waals surface area (Å²) in [6.07, 6.45) is 19.4. The summed E-state index contributed by atoms with van der Waals surface area (Å²) in [5.41, 5.74) is 11.9. The molecule has 0 bridgehead atoms. The summed E-state index contributed by atoms with van der Waals surface area (Å²) in [5.74, 6) is 1.00. The molecule has 6 rings (SSSR count). The second kappa shape index (κ2) is 13.1. The summed E-state index contributed by atoms with van der Waals surface area (Å²) < 4.78 is 0. The normalized spacial score (nSPS) is 17.0. The molecule has 0 spiro atoms. The van der Waals surface area contributed by atoms with E-state index in [-0.39, 0.29) is 0 Å². The van der Waals surface area contributed by atoms with E-state index < -0.39 is 0 Å². The van der Waals surface area contributed by atoms with Crippen molar-refractivity contribution in [3.8, 4) is 0 Å². The first-order valence-corrected chi connectivity index (χ1v) is 15.5. The lowest BCUT2D eigenvalue weighted by Crippen LogP contribution is -2.17. The lowest BCUT2D eigenvalue weighted by molar-refractivity contribution is 0.478. The van der Waals surface area contributed by atoms with Gasteiger partial charge in [0.15, 0.2) is 0 Å². The lowest BCUT2D eigenvalue weighted by Gasteiger charge is -2.29. The lowest BCUT2D eigenvalue weighted by atomic mass is 9.77. The molecule has 0 saturated carbocycles. The maximum absolute atomic E-state index is 2.47. The molecule has 0 radical (unpaired) electrons. The molecule has 4 aromatic rings. The second-order valence-corrected chi connectivity index (χ2v) is 11.8. The second-order valence-electron chi connectivity index (χ2n) is 11.8. The molecule has 0 heterocycles. The van der Waals surface area contributed by atoms with Crippen molar-refractivity contribution in [1.82, 2.24) is 0 Å². The van der Waals surface area contributed by atoms with Crippen molar-refractivity contribution in [2.24, 2.45) is 5.92 Å². The Kier molecular flexibility index (Phi) is 8.66. The molecular weight excluding hydrogens is 506 g/mol. The summed E-state index contributed by atoms with van der Waals surface area (Å²) in [4.78, 5) is 2.42. The third-order valence-electron chi connectivity index (χ3n) is 8.70. The highest BCUT2D eigenvalue weighted by atomic mass is 15.1. The summed E-state index contributed by atoms with van der Waals surface area (Å²) in [5, 5.41) is 0. The molecule has 2 atom stereocenters. The van der Waals surface area contributed by atoms with Crippen LogP contribution in [0.5, 0.6) is 0 Å². The monoisotopic (exact) mass is 547 g/mol. The molecule has 0 fully saturated rings.